The van der Waals surface area contributed by atoms with Crippen molar-refractivity contribution in [3.63, 3.8) is 0 Å². The molecule has 54 valence electrons. The molecule has 0 amide bonds. The van der Waals surface area contributed by atoms with Crippen molar-refractivity contribution in [1.29, 1.82) is 0 Å². The highest BCUT2D eigenvalue weighted by molar-refractivity contribution is 4.78. The van der Waals surface area contributed by atoms with Gasteiger partial charge in [-0.05, 0) is 25.2 Å². The first kappa shape index (κ1) is 7.03. The van der Waals surface area contributed by atoms with E-state index in [-0.39, 0.29) is 12.1 Å². The highest BCUT2D eigenvalue weighted by Crippen LogP contribution is 2.22. The Hall–Kier alpha value is -0.0800. The van der Waals surface area contributed by atoms with Gasteiger partial charge in [0.2, 0.25) is 0 Å². The van der Waals surface area contributed by atoms with Gasteiger partial charge in [-0.25, -0.2) is 0 Å². The number of aliphatic hydroxyl groups excluding tert-OH is 1. The highest BCUT2D eigenvalue weighted by Gasteiger charge is 2.22. The topological polar surface area (TPSA) is 46.2 Å². The molecule has 2 nitrogen and oxygen atoms in total. The van der Waals surface area contributed by atoms with Crippen molar-refractivity contribution < 1.29 is 5.11 Å². The molecule has 0 aromatic rings. The number of hydrogen-bond acceptors (Lipinski definition) is 2. The van der Waals surface area contributed by atoms with Crippen molar-refractivity contribution in [2.24, 2.45) is 11.7 Å². The molecule has 1 aliphatic carbocycles. The molecule has 0 saturated heterocycles. The van der Waals surface area contributed by atoms with Gasteiger partial charge in [-0.1, -0.05) is 6.92 Å². The quantitative estimate of drug-likeness (QED) is 0.500. The molecule has 0 bridgehead atoms. The van der Waals surface area contributed by atoms with Crippen molar-refractivity contribution in [2.45, 2.75) is 38.3 Å². The van der Waals surface area contributed by atoms with E-state index in [1.165, 1.54) is 0 Å². The van der Waals surface area contributed by atoms with Gasteiger partial charge in [0.15, 0.2) is 0 Å². The number of rotatable bonds is 0. The van der Waals surface area contributed by atoms with Crippen LogP contribution in [0.15, 0.2) is 0 Å². The smallest absolute Gasteiger partial charge is 0.0580 e. The van der Waals surface area contributed by atoms with Gasteiger partial charge in [0.1, 0.15) is 0 Å². The van der Waals surface area contributed by atoms with Crippen molar-refractivity contribution in [2.75, 3.05) is 0 Å². The molecule has 0 heterocycles. The van der Waals surface area contributed by atoms with E-state index in [1.807, 2.05) is 0 Å². The monoisotopic (exact) mass is 129 g/mol. The lowest BCUT2D eigenvalue weighted by atomic mass is 9.85. The average molecular weight is 129 g/mol. The normalized spacial score (nSPS) is 45.0. The van der Waals surface area contributed by atoms with Crippen LogP contribution >= 0.6 is 0 Å². The Morgan fingerprint density at radius 2 is 2.11 bits per heavy atom. The largest absolute Gasteiger partial charge is 0.393 e. The standard InChI is InChI=1S/C7H15NO/c1-5-2-3-6(8)4-7(5)9/h5-7,9H,2-4,8H2,1H3/t5?,6-,7-/m1/s1. The summed E-state index contributed by atoms with van der Waals surface area (Å²) in [7, 11) is 0. The van der Waals surface area contributed by atoms with Crippen molar-refractivity contribution >= 4 is 0 Å². The number of nitrogens with two attached hydrogens (primary N) is 1. The van der Waals surface area contributed by atoms with Gasteiger partial charge in [-0.15, -0.1) is 0 Å². The Morgan fingerprint density at radius 3 is 2.56 bits per heavy atom. The summed E-state index contributed by atoms with van der Waals surface area (Å²) in [5, 5.41) is 9.27. The first-order valence-corrected chi connectivity index (χ1v) is 3.64. The van der Waals surface area contributed by atoms with Gasteiger partial charge in [-0.2, -0.15) is 0 Å². The molecular formula is C7H15NO. The Bertz CT molecular complexity index is 94.9. The molecule has 1 fully saturated rings. The minimum absolute atomic E-state index is 0.145. The van der Waals surface area contributed by atoms with Gasteiger partial charge in [0.25, 0.3) is 0 Å². The van der Waals surface area contributed by atoms with Crippen LogP contribution in [0.3, 0.4) is 0 Å². The van der Waals surface area contributed by atoms with Crippen LogP contribution in [0.5, 0.6) is 0 Å². The van der Waals surface area contributed by atoms with Crippen LogP contribution in [0.25, 0.3) is 0 Å². The summed E-state index contributed by atoms with van der Waals surface area (Å²) >= 11 is 0. The van der Waals surface area contributed by atoms with Crippen LogP contribution in [-0.4, -0.2) is 17.3 Å². The molecule has 1 saturated carbocycles. The summed E-state index contributed by atoms with van der Waals surface area (Å²) in [5.41, 5.74) is 5.63. The van der Waals surface area contributed by atoms with E-state index in [0.29, 0.717) is 5.92 Å². The molecule has 0 aromatic carbocycles. The van der Waals surface area contributed by atoms with E-state index in [0.717, 1.165) is 19.3 Å². The van der Waals surface area contributed by atoms with Gasteiger partial charge < -0.3 is 10.8 Å². The fourth-order valence-electron chi connectivity index (χ4n) is 1.33. The highest BCUT2D eigenvalue weighted by atomic mass is 16.3. The number of aliphatic hydroxyl groups is 1. The third kappa shape index (κ3) is 1.66. The molecule has 0 aliphatic heterocycles. The van der Waals surface area contributed by atoms with Crippen LogP contribution in [-0.2, 0) is 0 Å². The summed E-state index contributed by atoms with van der Waals surface area (Å²) in [6.07, 6.45) is 2.82. The van der Waals surface area contributed by atoms with E-state index in [2.05, 4.69) is 6.92 Å². The van der Waals surface area contributed by atoms with E-state index >= 15 is 0 Å². The van der Waals surface area contributed by atoms with Crippen LogP contribution < -0.4 is 5.73 Å². The Balaban J connectivity index is 2.35. The lowest BCUT2D eigenvalue weighted by Crippen LogP contribution is -2.35. The first-order valence-electron chi connectivity index (χ1n) is 3.64. The summed E-state index contributed by atoms with van der Waals surface area (Å²) < 4.78 is 0. The molecule has 9 heavy (non-hydrogen) atoms. The average Bonchev–Trinajstić information content (AvgIpc) is 1.80. The fraction of sp³-hybridized carbons (Fsp3) is 1.00. The van der Waals surface area contributed by atoms with Crippen LogP contribution in [0.1, 0.15) is 26.2 Å². The molecule has 1 rings (SSSR count). The van der Waals surface area contributed by atoms with E-state index in [9.17, 15) is 5.11 Å². The summed E-state index contributed by atoms with van der Waals surface area (Å²) in [4.78, 5) is 0. The second-order valence-electron chi connectivity index (χ2n) is 3.12. The van der Waals surface area contributed by atoms with Gasteiger partial charge in [0.05, 0.1) is 6.10 Å². The summed E-state index contributed by atoms with van der Waals surface area (Å²) in [6, 6.07) is 0.246. The molecule has 2 heteroatoms. The third-order valence-electron chi connectivity index (χ3n) is 2.19. The molecule has 0 aromatic heterocycles. The van der Waals surface area contributed by atoms with Gasteiger partial charge in [0, 0.05) is 6.04 Å². The van der Waals surface area contributed by atoms with Crippen LogP contribution in [0, 0.1) is 5.92 Å². The molecule has 1 unspecified atom stereocenters. The van der Waals surface area contributed by atoms with Crippen molar-refractivity contribution in [1.82, 2.24) is 0 Å². The Kier molecular flexibility index (Phi) is 2.09. The first-order chi connectivity index (χ1) is 4.20. The number of hydrogen-bond donors (Lipinski definition) is 2. The zero-order valence-electron chi connectivity index (χ0n) is 5.88. The van der Waals surface area contributed by atoms with E-state index in [4.69, 9.17) is 5.73 Å². The molecular weight excluding hydrogens is 114 g/mol. The van der Waals surface area contributed by atoms with Crippen LogP contribution in [0.2, 0.25) is 0 Å². The molecule has 3 N–H and O–H groups in total. The van der Waals surface area contributed by atoms with E-state index in [1.54, 1.807) is 0 Å². The second-order valence-corrected chi connectivity index (χ2v) is 3.12. The Labute approximate surface area is 56.1 Å². The second kappa shape index (κ2) is 2.67. The Morgan fingerprint density at radius 1 is 1.44 bits per heavy atom. The maximum absolute atomic E-state index is 9.27. The SMILES string of the molecule is CC1CC[C@@H](N)C[C@H]1O. The zero-order valence-corrected chi connectivity index (χ0v) is 5.88. The predicted octanol–water partition coefficient (Wildman–Crippen LogP) is 0.495. The lowest BCUT2D eigenvalue weighted by Gasteiger charge is -2.28. The third-order valence-corrected chi connectivity index (χ3v) is 2.19. The minimum Gasteiger partial charge on any atom is -0.393 e. The zero-order chi connectivity index (χ0) is 6.85. The van der Waals surface area contributed by atoms with Gasteiger partial charge >= 0.3 is 0 Å². The van der Waals surface area contributed by atoms with Crippen molar-refractivity contribution in [3.8, 4) is 0 Å². The predicted molar refractivity (Wildman–Crippen MR) is 37.0 cm³/mol. The fourth-order valence-corrected chi connectivity index (χ4v) is 1.33. The molecule has 0 spiro atoms. The lowest BCUT2D eigenvalue weighted by molar-refractivity contribution is 0.0708. The summed E-state index contributed by atoms with van der Waals surface area (Å²) in [5.74, 6) is 0.463. The molecule has 3 atom stereocenters. The summed E-state index contributed by atoms with van der Waals surface area (Å²) in [6.45, 7) is 2.08. The molecule has 0 radical (unpaired) electrons. The van der Waals surface area contributed by atoms with Crippen LogP contribution in [0.4, 0.5) is 0 Å². The van der Waals surface area contributed by atoms with E-state index < -0.39 is 0 Å². The maximum atomic E-state index is 9.27. The minimum atomic E-state index is -0.145. The van der Waals surface area contributed by atoms with Crippen molar-refractivity contribution in [3.05, 3.63) is 0 Å². The molecule has 1 aliphatic rings. The maximum Gasteiger partial charge on any atom is 0.0580 e. The van der Waals surface area contributed by atoms with Gasteiger partial charge in [-0.3, -0.25) is 0 Å².